The van der Waals surface area contributed by atoms with Crippen LogP contribution in [0.15, 0.2) is 84.1 Å². The average Bonchev–Trinajstić information content (AvgIpc) is 2.90. The molecule has 9 heteroatoms. The lowest BCUT2D eigenvalue weighted by molar-refractivity contribution is -0.133. The molecule has 196 valence electrons. The number of aliphatic carboxylic acids is 1. The van der Waals surface area contributed by atoms with Crippen molar-refractivity contribution in [2.75, 3.05) is 20.1 Å². The van der Waals surface area contributed by atoms with Crippen molar-refractivity contribution < 1.29 is 24.2 Å². The van der Waals surface area contributed by atoms with Crippen LogP contribution in [-0.4, -0.2) is 57.9 Å². The summed E-state index contributed by atoms with van der Waals surface area (Å²) in [5.74, 6) is 0.0478. The van der Waals surface area contributed by atoms with Gasteiger partial charge in [-0.25, -0.2) is 9.59 Å². The first-order chi connectivity index (χ1) is 18.2. The Morgan fingerprint density at radius 1 is 1.00 bits per heavy atom. The lowest BCUT2D eigenvalue weighted by Crippen LogP contribution is -2.49. The van der Waals surface area contributed by atoms with Gasteiger partial charge >= 0.3 is 12.0 Å². The number of para-hydroxylation sites is 1. The molecule has 9 nitrogen and oxygen atoms in total. The zero-order valence-electron chi connectivity index (χ0n) is 21.5. The van der Waals surface area contributed by atoms with Crippen LogP contribution in [0.3, 0.4) is 0 Å². The Balaban J connectivity index is 1.41. The third-order valence-electron chi connectivity index (χ3n) is 6.28. The summed E-state index contributed by atoms with van der Waals surface area (Å²) in [4.78, 5) is 45.5. The van der Waals surface area contributed by atoms with Crippen molar-refractivity contribution in [1.82, 2.24) is 20.1 Å². The second-order valence-electron chi connectivity index (χ2n) is 9.09. The topological polar surface area (TPSA) is 112 Å². The van der Waals surface area contributed by atoms with Crippen molar-refractivity contribution in [3.63, 3.8) is 0 Å². The van der Waals surface area contributed by atoms with Gasteiger partial charge in [0.25, 0.3) is 5.91 Å². The van der Waals surface area contributed by atoms with Crippen molar-refractivity contribution in [3.05, 3.63) is 101 Å². The van der Waals surface area contributed by atoms with Gasteiger partial charge in [-0.1, -0.05) is 24.3 Å². The fraction of sp³-hybridized carbons (Fsp3) is 0.241. The van der Waals surface area contributed by atoms with Gasteiger partial charge in [0.2, 0.25) is 0 Å². The molecule has 1 unspecified atom stereocenters. The number of benzene rings is 2. The highest BCUT2D eigenvalue weighted by molar-refractivity contribution is 5.94. The highest BCUT2D eigenvalue weighted by Crippen LogP contribution is 2.33. The second-order valence-corrected chi connectivity index (χ2v) is 9.09. The molecule has 0 radical (unpaired) electrons. The number of rotatable bonds is 9. The maximum atomic E-state index is 13.0. The largest absolute Gasteiger partial charge is 0.478 e. The van der Waals surface area contributed by atoms with Crippen LogP contribution in [0, 0.1) is 6.92 Å². The number of carbonyl (C=O) groups is 3. The Kier molecular flexibility index (Phi) is 8.06. The standard InChI is InChI=1S/C29H30N4O5/c1-19-9-7-12-24(30-19)26-25(28(35)36)20(2)31-29(37)33(26)18-8-17-32(3)27(34)21-13-15-23(16-14-21)38-22-10-5-4-6-11-22/h4-7,9-16,26H,8,17-18H2,1-3H3,(H,31,37)(H,35,36). The van der Waals surface area contributed by atoms with E-state index >= 15 is 0 Å². The summed E-state index contributed by atoms with van der Waals surface area (Å²) < 4.78 is 5.78. The minimum Gasteiger partial charge on any atom is -0.478 e. The number of aryl methyl sites for hydroxylation is 1. The minimum atomic E-state index is -1.12. The number of carboxylic acid groups (broad SMARTS) is 1. The Hall–Kier alpha value is -4.66. The first-order valence-electron chi connectivity index (χ1n) is 12.3. The van der Waals surface area contributed by atoms with Gasteiger partial charge in [-0.15, -0.1) is 0 Å². The number of hydrogen-bond donors (Lipinski definition) is 2. The molecule has 0 fully saturated rings. The molecule has 0 saturated carbocycles. The van der Waals surface area contributed by atoms with Crippen molar-refractivity contribution in [1.29, 1.82) is 0 Å². The molecule has 2 aromatic carbocycles. The van der Waals surface area contributed by atoms with E-state index in [1.54, 1.807) is 55.3 Å². The maximum absolute atomic E-state index is 13.0. The van der Waals surface area contributed by atoms with Crippen LogP contribution in [0.2, 0.25) is 0 Å². The fourth-order valence-electron chi connectivity index (χ4n) is 4.40. The monoisotopic (exact) mass is 514 g/mol. The van der Waals surface area contributed by atoms with E-state index in [0.29, 0.717) is 41.4 Å². The second kappa shape index (κ2) is 11.6. The third-order valence-corrected chi connectivity index (χ3v) is 6.28. The number of amides is 3. The minimum absolute atomic E-state index is 0.0740. The van der Waals surface area contributed by atoms with Gasteiger partial charge in [0.1, 0.15) is 17.5 Å². The fourth-order valence-corrected chi connectivity index (χ4v) is 4.40. The molecular weight excluding hydrogens is 484 g/mol. The summed E-state index contributed by atoms with van der Waals surface area (Å²) in [6.07, 6.45) is 0.444. The molecule has 3 aromatic rings. The molecule has 0 saturated heterocycles. The summed E-state index contributed by atoms with van der Waals surface area (Å²) in [6.45, 7) is 3.99. The number of pyridine rings is 1. The van der Waals surface area contributed by atoms with E-state index < -0.39 is 18.0 Å². The first-order valence-corrected chi connectivity index (χ1v) is 12.3. The van der Waals surface area contributed by atoms with Crippen LogP contribution in [0.4, 0.5) is 4.79 Å². The molecule has 3 amide bonds. The molecule has 0 bridgehead atoms. The number of carbonyl (C=O) groups excluding carboxylic acids is 2. The number of ether oxygens (including phenoxy) is 1. The van der Waals surface area contributed by atoms with E-state index in [1.807, 2.05) is 43.3 Å². The summed E-state index contributed by atoms with van der Waals surface area (Å²) in [5, 5.41) is 12.6. The molecule has 0 spiro atoms. The highest BCUT2D eigenvalue weighted by atomic mass is 16.5. The van der Waals surface area contributed by atoms with Gasteiger partial charge in [-0.05, 0) is 68.8 Å². The molecule has 1 aliphatic heterocycles. The van der Waals surface area contributed by atoms with E-state index in [1.165, 1.54) is 4.90 Å². The van der Waals surface area contributed by atoms with E-state index in [-0.39, 0.29) is 18.0 Å². The number of nitrogens with zero attached hydrogens (tertiary/aromatic N) is 3. The summed E-state index contributed by atoms with van der Waals surface area (Å²) >= 11 is 0. The number of nitrogens with one attached hydrogen (secondary N) is 1. The van der Waals surface area contributed by atoms with Gasteiger partial charge < -0.3 is 25.0 Å². The first kappa shape index (κ1) is 26.4. The Morgan fingerprint density at radius 2 is 1.68 bits per heavy atom. The van der Waals surface area contributed by atoms with Gasteiger partial charge in [-0.2, -0.15) is 0 Å². The van der Waals surface area contributed by atoms with E-state index in [0.717, 1.165) is 5.69 Å². The van der Waals surface area contributed by atoms with Crippen LogP contribution >= 0.6 is 0 Å². The van der Waals surface area contributed by atoms with E-state index in [4.69, 9.17) is 4.74 Å². The van der Waals surface area contributed by atoms with Crippen LogP contribution in [0.5, 0.6) is 11.5 Å². The zero-order valence-corrected chi connectivity index (χ0v) is 21.5. The van der Waals surface area contributed by atoms with Crippen molar-refractivity contribution >= 4 is 17.9 Å². The Labute approximate surface area is 221 Å². The quantitative estimate of drug-likeness (QED) is 0.426. The van der Waals surface area contributed by atoms with E-state index in [2.05, 4.69) is 10.3 Å². The summed E-state index contributed by atoms with van der Waals surface area (Å²) in [7, 11) is 1.69. The van der Waals surface area contributed by atoms with Gasteiger partial charge in [0.05, 0.1) is 11.3 Å². The third kappa shape index (κ3) is 6.00. The molecule has 4 rings (SSSR count). The van der Waals surface area contributed by atoms with Crippen molar-refractivity contribution in [3.8, 4) is 11.5 Å². The smallest absolute Gasteiger partial charge is 0.335 e. The normalized spacial score (nSPS) is 15.2. The number of allylic oxidation sites excluding steroid dienone is 1. The van der Waals surface area contributed by atoms with Crippen LogP contribution in [-0.2, 0) is 4.79 Å². The van der Waals surface area contributed by atoms with Crippen LogP contribution < -0.4 is 10.1 Å². The predicted octanol–water partition coefficient (Wildman–Crippen LogP) is 4.77. The number of urea groups is 1. The molecule has 38 heavy (non-hydrogen) atoms. The van der Waals surface area contributed by atoms with Crippen LogP contribution in [0.25, 0.3) is 0 Å². The number of hydrogen-bond acceptors (Lipinski definition) is 5. The van der Waals surface area contributed by atoms with Gasteiger partial charge in [0.15, 0.2) is 0 Å². The molecule has 1 aliphatic rings. The number of aromatic nitrogens is 1. The van der Waals surface area contributed by atoms with Crippen LogP contribution in [0.1, 0.15) is 41.1 Å². The van der Waals surface area contributed by atoms with Gasteiger partial charge in [-0.3, -0.25) is 9.78 Å². The Bertz CT molecular complexity index is 1350. The molecule has 1 atom stereocenters. The lowest BCUT2D eigenvalue weighted by Gasteiger charge is -2.37. The lowest BCUT2D eigenvalue weighted by atomic mass is 9.97. The molecule has 2 N–H and O–H groups in total. The molecular formula is C29H30N4O5. The van der Waals surface area contributed by atoms with Crippen molar-refractivity contribution in [2.45, 2.75) is 26.3 Å². The highest BCUT2D eigenvalue weighted by Gasteiger charge is 2.38. The zero-order chi connectivity index (χ0) is 27.2. The number of carboxylic acids is 1. The van der Waals surface area contributed by atoms with Gasteiger partial charge in [0, 0.05) is 37.1 Å². The maximum Gasteiger partial charge on any atom is 0.335 e. The average molecular weight is 515 g/mol. The predicted molar refractivity (Wildman–Crippen MR) is 142 cm³/mol. The van der Waals surface area contributed by atoms with Crippen molar-refractivity contribution in [2.24, 2.45) is 0 Å². The van der Waals surface area contributed by atoms with E-state index in [9.17, 15) is 19.5 Å². The molecule has 0 aliphatic carbocycles. The SMILES string of the molecule is CC1=C(C(=O)O)C(c2cccc(C)n2)N(CCCN(C)C(=O)c2ccc(Oc3ccccc3)cc2)C(=O)N1. The Morgan fingerprint density at radius 3 is 2.34 bits per heavy atom. The summed E-state index contributed by atoms with van der Waals surface area (Å²) in [6, 6.07) is 20.4. The molecule has 2 heterocycles. The summed E-state index contributed by atoms with van der Waals surface area (Å²) in [5.41, 5.74) is 2.08. The molecule has 1 aromatic heterocycles.